The molecule has 90 valence electrons. The summed E-state index contributed by atoms with van der Waals surface area (Å²) in [4.78, 5) is 0. The van der Waals surface area contributed by atoms with Gasteiger partial charge in [0.2, 0.25) is 10.0 Å². The van der Waals surface area contributed by atoms with E-state index in [1.165, 1.54) is 4.31 Å². The van der Waals surface area contributed by atoms with Crippen LogP contribution in [0.3, 0.4) is 0 Å². The zero-order valence-corrected chi connectivity index (χ0v) is 10.8. The Morgan fingerprint density at radius 2 is 1.93 bits per heavy atom. The molecule has 0 aliphatic heterocycles. The van der Waals surface area contributed by atoms with Crippen molar-refractivity contribution in [2.24, 2.45) is 0 Å². The summed E-state index contributed by atoms with van der Waals surface area (Å²) in [6.07, 6.45) is 1.61. The lowest BCUT2D eigenvalue weighted by Gasteiger charge is -2.27. The van der Waals surface area contributed by atoms with E-state index in [0.717, 1.165) is 0 Å². The fourth-order valence-electron chi connectivity index (χ4n) is 1.36. The van der Waals surface area contributed by atoms with Gasteiger partial charge in [-0.15, -0.1) is 6.58 Å². The standard InChI is InChI=1S/C10H22N2O2S/c1-6-7-12(9(2)3)15(13,14)10(4)8-11-5/h6,9-11H,1,7-8H2,2-5H3. The van der Waals surface area contributed by atoms with Gasteiger partial charge >= 0.3 is 0 Å². The van der Waals surface area contributed by atoms with Crippen molar-refractivity contribution in [3.8, 4) is 0 Å². The van der Waals surface area contributed by atoms with Crippen LogP contribution in [0.15, 0.2) is 12.7 Å². The third-order valence-corrected chi connectivity index (χ3v) is 4.62. The second-order valence-electron chi connectivity index (χ2n) is 3.87. The van der Waals surface area contributed by atoms with Gasteiger partial charge in [-0.25, -0.2) is 8.42 Å². The van der Waals surface area contributed by atoms with Crippen molar-refractivity contribution in [2.45, 2.75) is 32.1 Å². The Morgan fingerprint density at radius 3 is 2.27 bits per heavy atom. The van der Waals surface area contributed by atoms with Crippen LogP contribution in [0.5, 0.6) is 0 Å². The second-order valence-corrected chi connectivity index (χ2v) is 6.17. The minimum atomic E-state index is -3.23. The van der Waals surface area contributed by atoms with Crippen molar-refractivity contribution < 1.29 is 8.42 Å². The first-order chi connectivity index (χ1) is 6.87. The molecule has 0 amide bonds. The molecule has 0 aromatic carbocycles. The monoisotopic (exact) mass is 234 g/mol. The summed E-state index contributed by atoms with van der Waals surface area (Å²) in [5.41, 5.74) is 0. The van der Waals surface area contributed by atoms with Crippen LogP contribution in [-0.2, 0) is 10.0 Å². The Bertz CT molecular complexity index is 286. The van der Waals surface area contributed by atoms with Crippen molar-refractivity contribution in [1.82, 2.24) is 9.62 Å². The number of nitrogens with one attached hydrogen (secondary N) is 1. The quantitative estimate of drug-likeness (QED) is 0.664. The molecule has 0 aliphatic carbocycles. The van der Waals surface area contributed by atoms with Gasteiger partial charge in [-0.2, -0.15) is 4.31 Å². The van der Waals surface area contributed by atoms with Gasteiger partial charge in [-0.3, -0.25) is 0 Å². The number of sulfonamides is 1. The summed E-state index contributed by atoms with van der Waals surface area (Å²) >= 11 is 0. The molecule has 0 saturated carbocycles. The van der Waals surface area contributed by atoms with Crippen molar-refractivity contribution in [3.05, 3.63) is 12.7 Å². The van der Waals surface area contributed by atoms with Gasteiger partial charge in [0.05, 0.1) is 5.25 Å². The molecule has 15 heavy (non-hydrogen) atoms. The molecule has 0 heterocycles. The average molecular weight is 234 g/mol. The van der Waals surface area contributed by atoms with Crippen molar-refractivity contribution in [1.29, 1.82) is 0 Å². The van der Waals surface area contributed by atoms with Crippen LogP contribution in [0.1, 0.15) is 20.8 Å². The highest BCUT2D eigenvalue weighted by Gasteiger charge is 2.29. The fraction of sp³-hybridized carbons (Fsp3) is 0.800. The van der Waals surface area contributed by atoms with E-state index in [2.05, 4.69) is 11.9 Å². The van der Waals surface area contributed by atoms with Gasteiger partial charge in [0.1, 0.15) is 0 Å². The SMILES string of the molecule is C=CCN(C(C)C)S(=O)(=O)C(C)CNC. The minimum absolute atomic E-state index is 0.0349. The first-order valence-electron chi connectivity index (χ1n) is 5.14. The molecule has 0 radical (unpaired) electrons. The molecule has 0 spiro atoms. The first kappa shape index (κ1) is 14.6. The molecule has 0 rings (SSSR count). The van der Waals surface area contributed by atoms with Gasteiger partial charge in [0, 0.05) is 19.1 Å². The first-order valence-corrected chi connectivity index (χ1v) is 6.64. The van der Waals surface area contributed by atoms with E-state index in [-0.39, 0.29) is 6.04 Å². The summed E-state index contributed by atoms with van der Waals surface area (Å²) in [6.45, 7) is 9.86. The number of rotatable bonds is 7. The van der Waals surface area contributed by atoms with Crippen LogP contribution in [0.2, 0.25) is 0 Å². The molecule has 1 unspecified atom stereocenters. The number of nitrogens with zero attached hydrogens (tertiary/aromatic N) is 1. The smallest absolute Gasteiger partial charge is 0.218 e. The van der Waals surface area contributed by atoms with Gasteiger partial charge in [-0.05, 0) is 27.8 Å². The summed E-state index contributed by atoms with van der Waals surface area (Å²) in [6, 6.07) is -0.0349. The molecular formula is C10H22N2O2S. The van der Waals surface area contributed by atoms with Crippen LogP contribution < -0.4 is 5.32 Å². The van der Waals surface area contributed by atoms with E-state index in [1.54, 1.807) is 20.0 Å². The molecule has 1 N–H and O–H groups in total. The summed E-state index contributed by atoms with van der Waals surface area (Å²) in [5, 5.41) is 2.47. The largest absolute Gasteiger partial charge is 0.318 e. The van der Waals surface area contributed by atoms with Crippen LogP contribution in [0.25, 0.3) is 0 Å². The summed E-state index contributed by atoms with van der Waals surface area (Å²) < 4.78 is 25.7. The predicted molar refractivity (Wildman–Crippen MR) is 64.3 cm³/mol. The summed E-state index contributed by atoms with van der Waals surface area (Å²) in [7, 11) is -1.48. The maximum absolute atomic E-state index is 12.1. The minimum Gasteiger partial charge on any atom is -0.318 e. The van der Waals surface area contributed by atoms with Gasteiger partial charge in [0.25, 0.3) is 0 Å². The van der Waals surface area contributed by atoms with Crippen molar-refractivity contribution in [3.63, 3.8) is 0 Å². The Hall–Kier alpha value is -0.390. The van der Waals surface area contributed by atoms with E-state index >= 15 is 0 Å². The third-order valence-electron chi connectivity index (χ3n) is 2.21. The lowest BCUT2D eigenvalue weighted by Crippen LogP contribution is -2.44. The second kappa shape index (κ2) is 6.25. The molecule has 1 atom stereocenters. The van der Waals surface area contributed by atoms with E-state index in [9.17, 15) is 8.42 Å². The Balaban J connectivity index is 4.86. The third kappa shape index (κ3) is 3.93. The van der Waals surface area contributed by atoms with Crippen LogP contribution in [-0.4, -0.2) is 44.2 Å². The van der Waals surface area contributed by atoms with Crippen LogP contribution in [0, 0.1) is 0 Å². The molecule has 5 heteroatoms. The van der Waals surface area contributed by atoms with Crippen LogP contribution >= 0.6 is 0 Å². The zero-order chi connectivity index (χ0) is 12.1. The maximum Gasteiger partial charge on any atom is 0.218 e. The Labute approximate surface area is 93.4 Å². The molecule has 4 nitrogen and oxygen atoms in total. The molecule has 0 aromatic heterocycles. The predicted octanol–water partition coefficient (Wildman–Crippen LogP) is 0.821. The highest BCUT2D eigenvalue weighted by Crippen LogP contribution is 2.12. The Kier molecular flexibility index (Phi) is 6.09. The molecule has 0 aliphatic rings. The zero-order valence-electron chi connectivity index (χ0n) is 10.0. The average Bonchev–Trinajstić information content (AvgIpc) is 2.13. The fourth-order valence-corrected chi connectivity index (χ4v) is 3.10. The van der Waals surface area contributed by atoms with Gasteiger partial charge < -0.3 is 5.32 Å². The molecule has 0 saturated heterocycles. The van der Waals surface area contributed by atoms with Crippen molar-refractivity contribution >= 4 is 10.0 Å². The lowest BCUT2D eigenvalue weighted by molar-refractivity contribution is 0.376. The normalized spacial score (nSPS) is 14.5. The van der Waals surface area contributed by atoms with E-state index < -0.39 is 15.3 Å². The number of hydrogen-bond donors (Lipinski definition) is 1. The lowest BCUT2D eigenvalue weighted by atomic mass is 10.4. The maximum atomic E-state index is 12.1. The van der Waals surface area contributed by atoms with Gasteiger partial charge in [-0.1, -0.05) is 6.08 Å². The van der Waals surface area contributed by atoms with Crippen LogP contribution in [0.4, 0.5) is 0 Å². The topological polar surface area (TPSA) is 49.4 Å². The summed E-state index contributed by atoms with van der Waals surface area (Å²) in [5.74, 6) is 0. The molecular weight excluding hydrogens is 212 g/mol. The van der Waals surface area contributed by atoms with E-state index in [4.69, 9.17) is 0 Å². The Morgan fingerprint density at radius 1 is 1.40 bits per heavy atom. The highest BCUT2D eigenvalue weighted by atomic mass is 32.2. The molecule has 0 bridgehead atoms. The van der Waals surface area contributed by atoms with E-state index in [0.29, 0.717) is 13.1 Å². The van der Waals surface area contributed by atoms with E-state index in [1.807, 2.05) is 13.8 Å². The van der Waals surface area contributed by atoms with Crippen molar-refractivity contribution in [2.75, 3.05) is 20.1 Å². The molecule has 0 fully saturated rings. The van der Waals surface area contributed by atoms with Gasteiger partial charge in [0.15, 0.2) is 0 Å². The molecule has 0 aromatic rings. The highest BCUT2D eigenvalue weighted by molar-refractivity contribution is 7.89. The number of hydrogen-bond acceptors (Lipinski definition) is 3.